The van der Waals surface area contributed by atoms with Crippen molar-refractivity contribution in [2.24, 2.45) is 0 Å². The fourth-order valence-corrected chi connectivity index (χ4v) is 1.86. The average molecular weight is 256 g/mol. The minimum absolute atomic E-state index is 0.0211. The van der Waals surface area contributed by atoms with Gasteiger partial charge in [-0.15, -0.1) is 0 Å². The highest BCUT2D eigenvalue weighted by Crippen LogP contribution is 2.25. The molecule has 5 nitrogen and oxygen atoms in total. The zero-order valence-corrected chi connectivity index (χ0v) is 9.61. The lowest BCUT2D eigenvalue weighted by Gasteiger charge is -2.27. The number of carbonyl (C=O) groups is 2. The second-order valence-corrected chi connectivity index (χ2v) is 4.00. The first-order chi connectivity index (χ1) is 8.09. The van der Waals surface area contributed by atoms with Crippen molar-refractivity contribution in [1.82, 2.24) is 0 Å². The number of nitrogens with zero attached hydrogens (tertiary/aromatic N) is 1. The first-order valence-corrected chi connectivity index (χ1v) is 5.38. The third-order valence-corrected chi connectivity index (χ3v) is 2.70. The first kappa shape index (κ1) is 11.9. The molecule has 6 heteroatoms. The summed E-state index contributed by atoms with van der Waals surface area (Å²) < 4.78 is 4.99. The molecule has 0 aliphatic carbocycles. The van der Waals surface area contributed by atoms with Gasteiger partial charge in [0.25, 0.3) is 5.91 Å². The van der Waals surface area contributed by atoms with E-state index in [-0.39, 0.29) is 18.1 Å². The molecular weight excluding hydrogens is 246 g/mol. The van der Waals surface area contributed by atoms with E-state index >= 15 is 0 Å². The van der Waals surface area contributed by atoms with Crippen LogP contribution in [0.5, 0.6) is 0 Å². The number of ether oxygens (including phenoxy) is 1. The minimum atomic E-state index is -1.11. The lowest BCUT2D eigenvalue weighted by atomic mass is 10.1. The second kappa shape index (κ2) is 4.73. The predicted octanol–water partition coefficient (Wildman–Crippen LogP) is 1.40. The van der Waals surface area contributed by atoms with Gasteiger partial charge in [-0.2, -0.15) is 0 Å². The molecular formula is C11H10ClNO4. The van der Waals surface area contributed by atoms with Gasteiger partial charge in [-0.05, 0) is 18.2 Å². The third-order valence-electron chi connectivity index (χ3n) is 2.47. The van der Waals surface area contributed by atoms with Crippen LogP contribution in [0.2, 0.25) is 5.02 Å². The van der Waals surface area contributed by atoms with E-state index in [0.29, 0.717) is 23.9 Å². The summed E-state index contributed by atoms with van der Waals surface area (Å²) in [7, 11) is 0. The Hall–Kier alpha value is -1.59. The molecule has 0 spiro atoms. The van der Waals surface area contributed by atoms with Gasteiger partial charge in [0, 0.05) is 11.6 Å². The van der Waals surface area contributed by atoms with Gasteiger partial charge in [0.05, 0.1) is 17.9 Å². The lowest BCUT2D eigenvalue weighted by Crippen LogP contribution is -2.42. The van der Waals surface area contributed by atoms with Crippen molar-refractivity contribution in [3.8, 4) is 0 Å². The quantitative estimate of drug-likeness (QED) is 0.868. The Morgan fingerprint density at radius 1 is 1.47 bits per heavy atom. The van der Waals surface area contributed by atoms with E-state index in [2.05, 4.69) is 0 Å². The van der Waals surface area contributed by atoms with Gasteiger partial charge in [-0.25, -0.2) is 4.79 Å². The monoisotopic (exact) mass is 255 g/mol. The summed E-state index contributed by atoms with van der Waals surface area (Å²) in [5, 5.41) is 9.40. The molecule has 0 aromatic heterocycles. The van der Waals surface area contributed by atoms with E-state index in [1.807, 2.05) is 0 Å². The van der Waals surface area contributed by atoms with Crippen LogP contribution in [0.1, 0.15) is 10.4 Å². The molecule has 1 saturated heterocycles. The zero-order valence-electron chi connectivity index (χ0n) is 8.85. The van der Waals surface area contributed by atoms with E-state index in [4.69, 9.17) is 21.4 Å². The summed E-state index contributed by atoms with van der Waals surface area (Å²) in [5.41, 5.74) is 0.378. The molecule has 1 fully saturated rings. The molecule has 1 N–H and O–H groups in total. The van der Waals surface area contributed by atoms with Gasteiger partial charge in [-0.3, -0.25) is 4.79 Å². The fourth-order valence-electron chi connectivity index (χ4n) is 1.69. The molecule has 1 aromatic carbocycles. The van der Waals surface area contributed by atoms with E-state index < -0.39 is 5.97 Å². The maximum Gasteiger partial charge on any atom is 0.337 e. The summed E-state index contributed by atoms with van der Waals surface area (Å²) in [6.45, 7) is 0.718. The Morgan fingerprint density at radius 2 is 2.24 bits per heavy atom. The predicted molar refractivity (Wildman–Crippen MR) is 61.6 cm³/mol. The van der Waals surface area contributed by atoms with Crippen molar-refractivity contribution < 1.29 is 19.4 Å². The summed E-state index contributed by atoms with van der Waals surface area (Å²) in [6, 6.07) is 4.43. The van der Waals surface area contributed by atoms with Crippen molar-refractivity contribution in [3.63, 3.8) is 0 Å². The van der Waals surface area contributed by atoms with Crippen LogP contribution in [0.15, 0.2) is 18.2 Å². The lowest BCUT2D eigenvalue weighted by molar-refractivity contribution is -0.125. The fraction of sp³-hybridized carbons (Fsp3) is 0.273. The van der Waals surface area contributed by atoms with Crippen LogP contribution in [-0.4, -0.2) is 36.7 Å². The maximum atomic E-state index is 11.6. The molecule has 17 heavy (non-hydrogen) atoms. The SMILES string of the molecule is O=C(O)c1cc(Cl)ccc1N1CCOCC1=O. The van der Waals surface area contributed by atoms with Gasteiger partial charge < -0.3 is 14.7 Å². The number of amides is 1. The molecule has 0 radical (unpaired) electrons. The number of carbonyl (C=O) groups excluding carboxylic acids is 1. The van der Waals surface area contributed by atoms with Crippen LogP contribution >= 0.6 is 11.6 Å². The average Bonchev–Trinajstić information content (AvgIpc) is 2.30. The molecule has 1 amide bonds. The number of anilines is 1. The van der Waals surface area contributed by atoms with Crippen molar-refractivity contribution in [3.05, 3.63) is 28.8 Å². The number of morpholine rings is 1. The molecule has 0 bridgehead atoms. The number of halogens is 1. The Kier molecular flexibility index (Phi) is 3.31. The number of carboxylic acids is 1. The van der Waals surface area contributed by atoms with Crippen molar-refractivity contribution in [2.45, 2.75) is 0 Å². The molecule has 1 aliphatic rings. The van der Waals surface area contributed by atoms with Crippen LogP contribution in [0, 0.1) is 0 Å². The third kappa shape index (κ3) is 2.40. The topological polar surface area (TPSA) is 66.8 Å². The summed E-state index contributed by atoms with van der Waals surface area (Å²) in [5.74, 6) is -1.36. The van der Waals surface area contributed by atoms with Crippen LogP contribution in [0.3, 0.4) is 0 Å². The summed E-state index contributed by atoms with van der Waals surface area (Å²) >= 11 is 5.74. The number of carboxylic acid groups (broad SMARTS) is 1. The number of rotatable bonds is 2. The van der Waals surface area contributed by atoms with E-state index in [0.717, 1.165) is 0 Å². The van der Waals surface area contributed by atoms with Gasteiger partial charge in [-0.1, -0.05) is 11.6 Å². The molecule has 0 unspecified atom stereocenters. The van der Waals surface area contributed by atoms with Crippen LogP contribution < -0.4 is 4.90 Å². The molecule has 90 valence electrons. The largest absolute Gasteiger partial charge is 0.478 e. The Balaban J connectivity index is 2.43. The van der Waals surface area contributed by atoms with Crippen LogP contribution in [0.25, 0.3) is 0 Å². The van der Waals surface area contributed by atoms with E-state index in [1.165, 1.54) is 17.0 Å². The van der Waals surface area contributed by atoms with Gasteiger partial charge in [0.2, 0.25) is 0 Å². The van der Waals surface area contributed by atoms with Gasteiger partial charge in [0.1, 0.15) is 6.61 Å². The van der Waals surface area contributed by atoms with Gasteiger partial charge >= 0.3 is 5.97 Å². The maximum absolute atomic E-state index is 11.6. The molecule has 1 heterocycles. The molecule has 0 atom stereocenters. The Labute approximate surface area is 103 Å². The second-order valence-electron chi connectivity index (χ2n) is 3.56. The normalized spacial score (nSPS) is 16.1. The smallest absolute Gasteiger partial charge is 0.337 e. The number of benzene rings is 1. The van der Waals surface area contributed by atoms with E-state index in [1.54, 1.807) is 6.07 Å². The zero-order chi connectivity index (χ0) is 12.4. The molecule has 1 aliphatic heterocycles. The Morgan fingerprint density at radius 3 is 2.88 bits per heavy atom. The minimum Gasteiger partial charge on any atom is -0.478 e. The number of aromatic carboxylic acids is 1. The standard InChI is InChI=1S/C11H10ClNO4/c12-7-1-2-9(8(5-7)11(15)16)13-3-4-17-6-10(13)14/h1-2,5H,3-4,6H2,(H,15,16). The highest BCUT2D eigenvalue weighted by Gasteiger charge is 2.24. The van der Waals surface area contributed by atoms with Crippen molar-refractivity contribution >= 4 is 29.2 Å². The number of hydrogen-bond acceptors (Lipinski definition) is 3. The summed E-state index contributed by atoms with van der Waals surface area (Å²) in [6.07, 6.45) is 0. The molecule has 2 rings (SSSR count). The van der Waals surface area contributed by atoms with Crippen LogP contribution in [0.4, 0.5) is 5.69 Å². The summed E-state index contributed by atoms with van der Waals surface area (Å²) in [4.78, 5) is 24.1. The van der Waals surface area contributed by atoms with Crippen LogP contribution in [-0.2, 0) is 9.53 Å². The highest BCUT2D eigenvalue weighted by molar-refractivity contribution is 6.31. The van der Waals surface area contributed by atoms with E-state index in [9.17, 15) is 9.59 Å². The van der Waals surface area contributed by atoms with Crippen molar-refractivity contribution in [1.29, 1.82) is 0 Å². The van der Waals surface area contributed by atoms with Crippen molar-refractivity contribution in [2.75, 3.05) is 24.7 Å². The first-order valence-electron chi connectivity index (χ1n) is 5.00. The highest BCUT2D eigenvalue weighted by atomic mass is 35.5. The van der Waals surface area contributed by atoms with Gasteiger partial charge in [0.15, 0.2) is 0 Å². The molecule has 1 aromatic rings. The Bertz CT molecular complexity index is 475. The molecule has 0 saturated carbocycles. The number of hydrogen-bond donors (Lipinski definition) is 1.